The SMILES string of the molecule is O[C@@H]1CNCC(F)(F)[C@H]1n1c2ccc(F)cc2c2cc(F)ccc21. The van der Waals surface area contributed by atoms with Crippen LogP contribution in [-0.2, 0) is 0 Å². The summed E-state index contributed by atoms with van der Waals surface area (Å²) in [4.78, 5) is 0. The summed E-state index contributed by atoms with van der Waals surface area (Å²) < 4.78 is 57.6. The fourth-order valence-electron chi connectivity index (χ4n) is 3.54. The van der Waals surface area contributed by atoms with Crippen LogP contribution in [0.1, 0.15) is 6.04 Å². The number of aromatic nitrogens is 1. The van der Waals surface area contributed by atoms with Gasteiger partial charge in [0.25, 0.3) is 5.92 Å². The Bertz CT molecular complexity index is 878. The van der Waals surface area contributed by atoms with Gasteiger partial charge in [0, 0.05) is 28.4 Å². The second-order valence-corrected chi connectivity index (χ2v) is 6.10. The van der Waals surface area contributed by atoms with Gasteiger partial charge < -0.3 is 15.0 Å². The Kier molecular flexibility index (Phi) is 3.33. The van der Waals surface area contributed by atoms with Crippen LogP contribution in [0.5, 0.6) is 0 Å². The lowest BCUT2D eigenvalue weighted by Gasteiger charge is -2.37. The molecule has 0 bridgehead atoms. The summed E-state index contributed by atoms with van der Waals surface area (Å²) in [5.74, 6) is -4.29. The molecule has 2 heterocycles. The molecular weight excluding hydrogens is 324 g/mol. The number of halogens is 4. The van der Waals surface area contributed by atoms with E-state index in [9.17, 15) is 22.7 Å². The minimum atomic E-state index is -3.21. The highest BCUT2D eigenvalue weighted by Gasteiger charge is 2.48. The van der Waals surface area contributed by atoms with E-state index in [1.165, 1.54) is 41.0 Å². The van der Waals surface area contributed by atoms with Gasteiger partial charge in [0.2, 0.25) is 0 Å². The fraction of sp³-hybridized carbons (Fsp3) is 0.294. The third kappa shape index (κ3) is 2.19. The maximum atomic E-state index is 14.5. The normalized spacial score (nSPS) is 23.9. The molecule has 0 saturated carbocycles. The largest absolute Gasteiger partial charge is 0.389 e. The number of hydrogen-bond acceptors (Lipinski definition) is 2. The van der Waals surface area contributed by atoms with Crippen molar-refractivity contribution in [1.82, 2.24) is 9.88 Å². The molecule has 1 saturated heterocycles. The average Bonchev–Trinajstić information content (AvgIpc) is 2.80. The molecular formula is C17H14F4N2O. The minimum Gasteiger partial charge on any atom is -0.389 e. The number of nitrogens with zero attached hydrogens (tertiary/aromatic N) is 1. The first kappa shape index (κ1) is 15.4. The number of piperidine rings is 1. The van der Waals surface area contributed by atoms with Crippen molar-refractivity contribution >= 4 is 21.8 Å². The summed E-state index contributed by atoms with van der Waals surface area (Å²) in [6.45, 7) is -0.553. The molecule has 4 rings (SSSR count). The molecule has 2 aromatic carbocycles. The van der Waals surface area contributed by atoms with Crippen molar-refractivity contribution in [3.63, 3.8) is 0 Å². The monoisotopic (exact) mass is 338 g/mol. The predicted octanol–water partition coefficient (Wildman–Crippen LogP) is 3.21. The molecule has 7 heteroatoms. The van der Waals surface area contributed by atoms with Gasteiger partial charge in [-0.1, -0.05) is 0 Å². The van der Waals surface area contributed by atoms with Crippen LogP contribution in [0.2, 0.25) is 0 Å². The van der Waals surface area contributed by atoms with E-state index in [4.69, 9.17) is 0 Å². The second kappa shape index (κ2) is 5.19. The Morgan fingerprint density at radius 2 is 1.54 bits per heavy atom. The minimum absolute atomic E-state index is 0.0177. The maximum absolute atomic E-state index is 14.5. The van der Waals surface area contributed by atoms with Crippen molar-refractivity contribution < 1.29 is 22.7 Å². The van der Waals surface area contributed by atoms with Gasteiger partial charge in [0.05, 0.1) is 12.6 Å². The number of hydrogen-bond donors (Lipinski definition) is 2. The molecule has 3 aromatic rings. The number of aliphatic hydroxyl groups excluding tert-OH is 1. The van der Waals surface area contributed by atoms with E-state index in [0.29, 0.717) is 21.8 Å². The molecule has 1 aliphatic rings. The summed E-state index contributed by atoms with van der Waals surface area (Å²) in [5, 5.41) is 13.4. The number of rotatable bonds is 1. The Hall–Kier alpha value is -2.12. The van der Waals surface area contributed by atoms with E-state index in [1.807, 2.05) is 0 Å². The lowest BCUT2D eigenvalue weighted by atomic mass is 9.98. The fourth-order valence-corrected chi connectivity index (χ4v) is 3.54. The van der Waals surface area contributed by atoms with Gasteiger partial charge in [-0.25, -0.2) is 17.6 Å². The van der Waals surface area contributed by atoms with Crippen LogP contribution >= 0.6 is 0 Å². The molecule has 2 N–H and O–H groups in total. The van der Waals surface area contributed by atoms with Gasteiger partial charge in [-0.2, -0.15) is 0 Å². The third-order valence-electron chi connectivity index (χ3n) is 4.52. The third-order valence-corrected chi connectivity index (χ3v) is 4.52. The molecule has 0 unspecified atom stereocenters. The van der Waals surface area contributed by atoms with Crippen molar-refractivity contribution in [2.75, 3.05) is 13.1 Å². The number of aliphatic hydroxyl groups is 1. The molecule has 24 heavy (non-hydrogen) atoms. The second-order valence-electron chi connectivity index (χ2n) is 6.10. The highest BCUT2D eigenvalue weighted by molar-refractivity contribution is 6.08. The van der Waals surface area contributed by atoms with Crippen LogP contribution in [0.15, 0.2) is 36.4 Å². The van der Waals surface area contributed by atoms with E-state index in [1.54, 1.807) is 0 Å². The number of nitrogens with one attached hydrogen (secondary N) is 1. The lowest BCUT2D eigenvalue weighted by Crippen LogP contribution is -2.54. The van der Waals surface area contributed by atoms with Crippen LogP contribution in [0.25, 0.3) is 21.8 Å². The molecule has 0 amide bonds. The summed E-state index contributed by atoms with van der Waals surface area (Å²) in [6.07, 6.45) is -1.33. The van der Waals surface area contributed by atoms with E-state index in [0.717, 1.165) is 0 Å². The first-order chi connectivity index (χ1) is 11.4. The number of β-amino-alcohol motifs (C(OH)–C–C–N with tert-alkyl or cyclic N) is 1. The predicted molar refractivity (Wildman–Crippen MR) is 82.2 cm³/mol. The molecule has 2 atom stereocenters. The van der Waals surface area contributed by atoms with E-state index in [2.05, 4.69) is 5.32 Å². The zero-order valence-corrected chi connectivity index (χ0v) is 12.4. The summed E-state index contributed by atoms with van der Waals surface area (Å²) in [6, 6.07) is 5.97. The zero-order chi connectivity index (χ0) is 17.1. The van der Waals surface area contributed by atoms with Gasteiger partial charge in [0.1, 0.15) is 17.7 Å². The lowest BCUT2D eigenvalue weighted by molar-refractivity contribution is -0.110. The Morgan fingerprint density at radius 3 is 2.04 bits per heavy atom. The van der Waals surface area contributed by atoms with Crippen LogP contribution in [0.3, 0.4) is 0 Å². The van der Waals surface area contributed by atoms with Gasteiger partial charge in [-0.15, -0.1) is 0 Å². The molecule has 0 radical (unpaired) electrons. The molecule has 3 nitrogen and oxygen atoms in total. The Labute approximate surface area is 134 Å². The van der Waals surface area contributed by atoms with Crippen molar-refractivity contribution in [3.8, 4) is 0 Å². The van der Waals surface area contributed by atoms with Crippen LogP contribution in [0.4, 0.5) is 17.6 Å². The highest BCUT2D eigenvalue weighted by Crippen LogP contribution is 2.41. The summed E-state index contributed by atoms with van der Waals surface area (Å²) in [7, 11) is 0. The molecule has 0 spiro atoms. The smallest absolute Gasteiger partial charge is 0.283 e. The number of alkyl halides is 2. The topological polar surface area (TPSA) is 37.2 Å². The number of benzene rings is 2. The molecule has 1 aliphatic heterocycles. The first-order valence-electron chi connectivity index (χ1n) is 7.54. The maximum Gasteiger partial charge on any atom is 0.283 e. The quantitative estimate of drug-likeness (QED) is 0.669. The van der Waals surface area contributed by atoms with Crippen LogP contribution in [0, 0.1) is 11.6 Å². The van der Waals surface area contributed by atoms with Gasteiger partial charge in [0.15, 0.2) is 0 Å². The van der Waals surface area contributed by atoms with E-state index in [-0.39, 0.29) is 6.54 Å². The Morgan fingerprint density at radius 1 is 1.00 bits per heavy atom. The molecule has 1 fully saturated rings. The summed E-state index contributed by atoms with van der Waals surface area (Å²) >= 11 is 0. The van der Waals surface area contributed by atoms with Crippen LogP contribution < -0.4 is 5.32 Å². The van der Waals surface area contributed by atoms with Crippen molar-refractivity contribution in [1.29, 1.82) is 0 Å². The average molecular weight is 338 g/mol. The number of fused-ring (bicyclic) bond motifs is 3. The first-order valence-corrected chi connectivity index (χ1v) is 7.54. The van der Waals surface area contributed by atoms with Crippen LogP contribution in [-0.4, -0.2) is 34.8 Å². The van der Waals surface area contributed by atoms with Gasteiger partial charge in [-0.05, 0) is 36.4 Å². The highest BCUT2D eigenvalue weighted by atomic mass is 19.3. The van der Waals surface area contributed by atoms with E-state index >= 15 is 0 Å². The Balaban J connectivity index is 2.10. The zero-order valence-electron chi connectivity index (χ0n) is 12.4. The summed E-state index contributed by atoms with van der Waals surface area (Å²) in [5.41, 5.74) is 0.672. The van der Waals surface area contributed by atoms with Crippen molar-refractivity contribution in [2.45, 2.75) is 18.1 Å². The standard InChI is InChI=1S/C17H14F4N2O/c18-9-1-3-13-11(5-9)12-6-10(19)2-4-14(12)23(13)16-15(24)7-22-8-17(16,20)21/h1-6,15-16,22,24H,7-8H2/t15-,16+/m1/s1. The van der Waals surface area contributed by atoms with Gasteiger partial charge in [-0.3, -0.25) is 0 Å². The van der Waals surface area contributed by atoms with Gasteiger partial charge >= 0.3 is 0 Å². The van der Waals surface area contributed by atoms with E-state index < -0.39 is 36.2 Å². The molecule has 0 aliphatic carbocycles. The molecule has 126 valence electrons. The van der Waals surface area contributed by atoms with Crippen molar-refractivity contribution in [2.24, 2.45) is 0 Å². The van der Waals surface area contributed by atoms with Crippen molar-refractivity contribution in [3.05, 3.63) is 48.0 Å². The molecule has 1 aromatic heterocycles.